The van der Waals surface area contributed by atoms with Gasteiger partial charge in [0.15, 0.2) is 11.0 Å². The van der Waals surface area contributed by atoms with Gasteiger partial charge in [-0.1, -0.05) is 56.8 Å². The smallest absolute Gasteiger partial charge is 0.191 e. The van der Waals surface area contributed by atoms with Crippen LogP contribution in [0.25, 0.3) is 11.4 Å². The van der Waals surface area contributed by atoms with Gasteiger partial charge in [-0.2, -0.15) is 0 Å². The van der Waals surface area contributed by atoms with E-state index in [2.05, 4.69) is 66.7 Å². The highest BCUT2D eigenvalue weighted by Gasteiger charge is 2.16. The minimum atomic E-state index is 0.148. The topological polar surface area (TPSA) is 47.8 Å². The van der Waals surface area contributed by atoms with E-state index in [4.69, 9.17) is 0 Å². The zero-order chi connectivity index (χ0) is 17.7. The van der Waals surface area contributed by atoms with E-state index in [1.54, 1.807) is 18.7 Å². The molecule has 2 aromatic rings. The third kappa shape index (κ3) is 4.69. The average molecular weight is 346 g/mol. The van der Waals surface area contributed by atoms with Crippen LogP contribution in [-0.4, -0.2) is 26.3 Å². The summed E-state index contributed by atoms with van der Waals surface area (Å²) >= 11 is 1.67. The molecule has 0 fully saturated rings. The predicted octanol–water partition coefficient (Wildman–Crippen LogP) is 4.72. The van der Waals surface area contributed by atoms with Crippen LogP contribution in [0.5, 0.6) is 0 Å². The number of rotatable bonds is 7. The highest BCUT2D eigenvalue weighted by atomic mass is 32.2. The summed E-state index contributed by atoms with van der Waals surface area (Å²) in [5, 5.41) is 9.66. The maximum absolute atomic E-state index is 11.0. The molecule has 0 unspecified atom stereocenters. The fourth-order valence-corrected chi connectivity index (χ4v) is 3.44. The van der Waals surface area contributed by atoms with E-state index in [-0.39, 0.29) is 11.2 Å². The highest BCUT2D eigenvalue weighted by Crippen LogP contribution is 2.27. The Kier molecular flexibility index (Phi) is 6.21. The van der Waals surface area contributed by atoms with Crippen LogP contribution in [0, 0.1) is 0 Å². The van der Waals surface area contributed by atoms with E-state index in [1.807, 2.05) is 0 Å². The fourth-order valence-electron chi connectivity index (χ4n) is 2.50. The van der Waals surface area contributed by atoms with Gasteiger partial charge in [0.1, 0.15) is 5.78 Å². The van der Waals surface area contributed by atoms with E-state index in [0.29, 0.717) is 6.42 Å². The molecular formula is C19H27N3OS. The molecule has 0 aliphatic heterocycles. The molecule has 1 aromatic carbocycles. The number of carbonyl (C=O) groups is 1. The Hall–Kier alpha value is -1.62. The van der Waals surface area contributed by atoms with Gasteiger partial charge < -0.3 is 9.36 Å². The molecule has 1 heterocycles. The van der Waals surface area contributed by atoms with Gasteiger partial charge in [0.2, 0.25) is 0 Å². The van der Waals surface area contributed by atoms with Crippen molar-refractivity contribution in [3.8, 4) is 11.4 Å². The molecule has 1 aromatic heterocycles. The number of ketones is 1. The Balaban J connectivity index is 2.15. The molecule has 0 radical (unpaired) electrons. The summed E-state index contributed by atoms with van der Waals surface area (Å²) in [6.07, 6.45) is 1.51. The van der Waals surface area contributed by atoms with E-state index in [0.717, 1.165) is 35.3 Å². The minimum absolute atomic E-state index is 0.148. The number of benzene rings is 1. The Labute approximate surface area is 149 Å². The molecule has 0 amide bonds. The van der Waals surface area contributed by atoms with E-state index < -0.39 is 0 Å². The molecule has 0 N–H and O–H groups in total. The number of hydrogen-bond acceptors (Lipinski definition) is 4. The third-order valence-electron chi connectivity index (χ3n) is 3.95. The Bertz CT molecular complexity index is 684. The van der Waals surface area contributed by atoms with Crippen LogP contribution < -0.4 is 0 Å². The maximum Gasteiger partial charge on any atom is 0.191 e. The molecule has 0 aliphatic rings. The number of aromatic nitrogens is 3. The predicted molar refractivity (Wildman–Crippen MR) is 100 cm³/mol. The van der Waals surface area contributed by atoms with Crippen molar-refractivity contribution in [1.29, 1.82) is 0 Å². The first-order chi connectivity index (χ1) is 11.3. The van der Waals surface area contributed by atoms with Crippen LogP contribution in [0.3, 0.4) is 0 Å². The van der Waals surface area contributed by atoms with Crippen molar-refractivity contribution < 1.29 is 4.79 Å². The van der Waals surface area contributed by atoms with Crippen LogP contribution in [-0.2, 0) is 16.8 Å². The molecule has 2 rings (SSSR count). The number of nitrogens with zero attached hydrogens (tertiary/aromatic N) is 3. The summed E-state index contributed by atoms with van der Waals surface area (Å²) in [6.45, 7) is 11.2. The molecule has 0 saturated carbocycles. The number of hydrogen-bond donors (Lipinski definition) is 0. The lowest BCUT2D eigenvalue weighted by molar-refractivity contribution is -0.117. The van der Waals surface area contributed by atoms with Crippen LogP contribution in [0.1, 0.15) is 53.0 Å². The first-order valence-electron chi connectivity index (χ1n) is 8.49. The molecule has 0 saturated heterocycles. The zero-order valence-electron chi connectivity index (χ0n) is 15.3. The number of carbonyl (C=O) groups excluding carboxylic acids is 1. The van der Waals surface area contributed by atoms with Crippen molar-refractivity contribution in [2.45, 2.75) is 64.6 Å². The second-order valence-electron chi connectivity index (χ2n) is 7.03. The molecule has 0 atom stereocenters. The van der Waals surface area contributed by atoms with Crippen molar-refractivity contribution in [2.24, 2.45) is 0 Å². The van der Waals surface area contributed by atoms with Crippen molar-refractivity contribution in [3.63, 3.8) is 0 Å². The van der Waals surface area contributed by atoms with E-state index in [1.165, 1.54) is 5.56 Å². The Morgan fingerprint density at radius 2 is 1.83 bits per heavy atom. The fraction of sp³-hybridized carbons (Fsp3) is 0.526. The molecule has 0 spiro atoms. The molecule has 0 bridgehead atoms. The highest BCUT2D eigenvalue weighted by molar-refractivity contribution is 7.99. The number of Topliss-reactive ketones (excluding diaryl/α,β-unsaturated/α-hetero) is 1. The summed E-state index contributed by atoms with van der Waals surface area (Å²) in [5.41, 5.74) is 2.55. The first kappa shape index (κ1) is 18.7. The summed E-state index contributed by atoms with van der Waals surface area (Å²) in [4.78, 5) is 11.0. The molecule has 0 aliphatic carbocycles. The van der Waals surface area contributed by atoms with Crippen LogP contribution >= 0.6 is 11.8 Å². The molecule has 4 nitrogen and oxygen atoms in total. The lowest BCUT2D eigenvalue weighted by atomic mass is 9.87. The van der Waals surface area contributed by atoms with Gasteiger partial charge in [-0.15, -0.1) is 10.2 Å². The normalized spacial score (nSPS) is 11.7. The largest absolute Gasteiger partial charge is 0.302 e. The van der Waals surface area contributed by atoms with E-state index in [9.17, 15) is 4.79 Å². The van der Waals surface area contributed by atoms with Crippen molar-refractivity contribution in [1.82, 2.24) is 14.8 Å². The van der Waals surface area contributed by atoms with E-state index >= 15 is 0 Å². The van der Waals surface area contributed by atoms with Gasteiger partial charge >= 0.3 is 0 Å². The van der Waals surface area contributed by atoms with Gasteiger partial charge in [-0.3, -0.25) is 0 Å². The zero-order valence-corrected chi connectivity index (χ0v) is 16.1. The maximum atomic E-state index is 11.0. The molecule has 24 heavy (non-hydrogen) atoms. The standard InChI is InChI=1S/C19H27N3OS/c1-6-22-17(15-9-11-16(12-10-15)19(3,4)5)20-21-18(22)24-13-7-8-14(2)23/h9-12H,6-8,13H2,1-5H3. The first-order valence-corrected chi connectivity index (χ1v) is 9.48. The average Bonchev–Trinajstić information content (AvgIpc) is 2.93. The van der Waals surface area contributed by atoms with Crippen molar-refractivity contribution >= 4 is 17.5 Å². The van der Waals surface area contributed by atoms with Crippen molar-refractivity contribution in [3.05, 3.63) is 29.8 Å². The second-order valence-corrected chi connectivity index (χ2v) is 8.09. The monoisotopic (exact) mass is 345 g/mol. The van der Waals surface area contributed by atoms with Crippen LogP contribution in [0.4, 0.5) is 0 Å². The minimum Gasteiger partial charge on any atom is -0.302 e. The summed E-state index contributed by atoms with van der Waals surface area (Å²) in [5.74, 6) is 2.04. The van der Waals surface area contributed by atoms with Gasteiger partial charge in [0.05, 0.1) is 0 Å². The third-order valence-corrected chi connectivity index (χ3v) is 5.00. The molecular weight excluding hydrogens is 318 g/mol. The number of thioether (sulfide) groups is 1. The quantitative estimate of drug-likeness (QED) is 0.538. The lowest BCUT2D eigenvalue weighted by Crippen LogP contribution is -2.10. The van der Waals surface area contributed by atoms with Crippen molar-refractivity contribution in [2.75, 3.05) is 5.75 Å². The second kappa shape index (κ2) is 7.97. The Morgan fingerprint density at radius 3 is 2.38 bits per heavy atom. The van der Waals surface area contributed by atoms with Gasteiger partial charge in [-0.25, -0.2) is 0 Å². The molecule has 5 heteroatoms. The molecule has 130 valence electrons. The van der Waals surface area contributed by atoms with Gasteiger partial charge in [0.25, 0.3) is 0 Å². The summed E-state index contributed by atoms with van der Waals surface area (Å²) < 4.78 is 2.14. The van der Waals surface area contributed by atoms with Crippen LogP contribution in [0.2, 0.25) is 0 Å². The SMILES string of the molecule is CCn1c(SCCCC(C)=O)nnc1-c1ccc(C(C)(C)C)cc1. The lowest BCUT2D eigenvalue weighted by Gasteiger charge is -2.19. The summed E-state index contributed by atoms with van der Waals surface area (Å²) in [6, 6.07) is 8.59. The summed E-state index contributed by atoms with van der Waals surface area (Å²) in [7, 11) is 0. The Morgan fingerprint density at radius 1 is 1.17 bits per heavy atom. The van der Waals surface area contributed by atoms with Crippen LogP contribution in [0.15, 0.2) is 29.4 Å². The van der Waals surface area contributed by atoms with Gasteiger partial charge in [-0.05, 0) is 31.2 Å². The van der Waals surface area contributed by atoms with Gasteiger partial charge in [0, 0.05) is 24.3 Å².